The number of ether oxygens (including phenoxy) is 3. The number of aliphatic hydroxyl groups is 1. The van der Waals surface area contributed by atoms with Gasteiger partial charge in [0.05, 0.1) is 6.10 Å². The maximum absolute atomic E-state index is 13.9. The third kappa shape index (κ3) is 47.2. The third-order valence-corrected chi connectivity index (χ3v) is 14.3. The van der Waals surface area contributed by atoms with E-state index in [9.17, 15) is 19.5 Å². The summed E-state index contributed by atoms with van der Waals surface area (Å²) < 4.78 is 18.4. The summed E-state index contributed by atoms with van der Waals surface area (Å²) in [6, 6.07) is 0. The maximum Gasteiger partial charge on any atom is 0.410 e. The summed E-state index contributed by atoms with van der Waals surface area (Å²) in [6.07, 6.45) is 47.3. The molecule has 70 heavy (non-hydrogen) atoms. The van der Waals surface area contributed by atoms with Gasteiger partial charge in [-0.1, -0.05) is 188 Å². The fourth-order valence-corrected chi connectivity index (χ4v) is 9.71. The summed E-state index contributed by atoms with van der Waals surface area (Å²) in [6.45, 7) is 13.2. The molecule has 0 bridgehead atoms. The highest BCUT2D eigenvalue weighted by Crippen LogP contribution is 2.22. The Morgan fingerprint density at radius 2 is 0.643 bits per heavy atom. The minimum Gasteiger partial charge on any atom is -0.462 e. The molecule has 0 aromatic heterocycles. The third-order valence-electron chi connectivity index (χ3n) is 14.3. The van der Waals surface area contributed by atoms with Crippen molar-refractivity contribution < 1.29 is 33.7 Å². The van der Waals surface area contributed by atoms with Crippen molar-refractivity contribution in [2.45, 2.75) is 342 Å². The zero-order chi connectivity index (χ0) is 51.6. The molecule has 0 fully saturated rings. The van der Waals surface area contributed by atoms with E-state index in [1.165, 1.54) is 83.5 Å². The normalized spacial score (nSPS) is 12.2. The van der Waals surface area contributed by atoms with Gasteiger partial charge in [0.1, 0.15) is 18.3 Å². The molecule has 1 N–H and O–H groups in total. The molecule has 0 saturated heterocycles. The van der Waals surface area contributed by atoms with Gasteiger partial charge in [0.15, 0.2) is 0 Å². The molecule has 0 aliphatic rings. The molecule has 0 aliphatic heterocycles. The first-order valence-corrected chi connectivity index (χ1v) is 30.7. The number of hydrogen-bond donors (Lipinski definition) is 1. The number of carbonyl (C=O) groups excluding carboxylic acids is 3. The van der Waals surface area contributed by atoms with E-state index in [2.05, 4.69) is 46.7 Å². The number of rotatable bonds is 54. The lowest BCUT2D eigenvalue weighted by Gasteiger charge is -2.26. The van der Waals surface area contributed by atoms with Crippen molar-refractivity contribution in [3.05, 3.63) is 0 Å². The van der Waals surface area contributed by atoms with E-state index in [4.69, 9.17) is 14.2 Å². The summed E-state index contributed by atoms with van der Waals surface area (Å²) >= 11 is 0. The Kier molecular flexibility index (Phi) is 50.6. The number of carbonyl (C=O) groups is 3. The van der Waals surface area contributed by atoms with Crippen LogP contribution in [-0.4, -0.2) is 91.1 Å². The van der Waals surface area contributed by atoms with Crippen LogP contribution in [-0.2, 0) is 23.8 Å². The van der Waals surface area contributed by atoms with Crippen molar-refractivity contribution in [1.82, 2.24) is 9.80 Å². The number of unbranched alkanes of at least 4 members (excludes halogenated alkanes) is 27. The van der Waals surface area contributed by atoms with Crippen LogP contribution in [0, 0.1) is 0 Å². The SMILES string of the molecule is CCCCCCC(CCCCCC)OC(=O)CCCCCCCCC(CCCCCCCCC(=O)OC(CCCCCC)CCCCCC)OC(=O)N(CCCCCCCCC(C)O)CCCN(C)C. The average molecular weight is 994 g/mol. The van der Waals surface area contributed by atoms with E-state index >= 15 is 0 Å². The largest absolute Gasteiger partial charge is 0.462 e. The highest BCUT2D eigenvalue weighted by molar-refractivity contribution is 5.70. The van der Waals surface area contributed by atoms with Crippen molar-refractivity contribution in [2.75, 3.05) is 33.7 Å². The second-order valence-electron chi connectivity index (χ2n) is 21.8. The number of nitrogens with zero attached hydrogens (tertiary/aromatic N) is 2. The molecule has 0 radical (unpaired) electrons. The molecular formula is C61H120N2O7. The van der Waals surface area contributed by atoms with Gasteiger partial charge in [-0.2, -0.15) is 0 Å². The van der Waals surface area contributed by atoms with Crippen LogP contribution < -0.4 is 0 Å². The fraction of sp³-hybridized carbons (Fsp3) is 0.951. The lowest BCUT2D eigenvalue weighted by atomic mass is 10.0. The van der Waals surface area contributed by atoms with Crippen molar-refractivity contribution in [3.8, 4) is 0 Å². The summed E-state index contributed by atoms with van der Waals surface area (Å²) in [7, 11) is 4.17. The Morgan fingerprint density at radius 3 is 0.986 bits per heavy atom. The zero-order valence-corrected chi connectivity index (χ0v) is 47.8. The number of esters is 2. The van der Waals surface area contributed by atoms with Crippen LogP contribution in [0.3, 0.4) is 0 Å². The Bertz CT molecular complexity index is 1050. The molecule has 9 nitrogen and oxygen atoms in total. The molecule has 0 spiro atoms. The van der Waals surface area contributed by atoms with E-state index in [1.54, 1.807) is 0 Å². The maximum atomic E-state index is 13.9. The predicted octanol–water partition coefficient (Wildman–Crippen LogP) is 17.8. The smallest absolute Gasteiger partial charge is 0.410 e. The molecule has 1 unspecified atom stereocenters. The first kappa shape index (κ1) is 68.1. The highest BCUT2D eigenvalue weighted by Gasteiger charge is 2.21. The van der Waals surface area contributed by atoms with Crippen LogP contribution >= 0.6 is 0 Å². The Balaban J connectivity index is 5.11. The summed E-state index contributed by atoms with van der Waals surface area (Å²) in [5.74, 6) is -0.0179. The highest BCUT2D eigenvalue weighted by atomic mass is 16.6. The first-order chi connectivity index (χ1) is 34.1. The van der Waals surface area contributed by atoms with Crippen molar-refractivity contribution in [3.63, 3.8) is 0 Å². The molecule has 1 atom stereocenters. The van der Waals surface area contributed by atoms with Crippen LogP contribution in [0.15, 0.2) is 0 Å². The first-order valence-electron chi connectivity index (χ1n) is 30.7. The standard InChI is InChI=1S/C61H120N2O7/c1-8-12-16-33-44-56(45-34-17-13-9-2)68-59(65)50-39-29-22-20-27-37-48-58(70-61(67)63(54-42-52-62(6)7)53-41-31-25-24-26-32-43-55(5)64)49-38-28-21-23-30-40-51-60(66)69-57(46-35-18-14-10-3)47-36-19-15-11-4/h55-58,64H,8-54H2,1-7H3. The Labute approximate surface area is 435 Å². The molecule has 0 aliphatic carbocycles. The van der Waals surface area contributed by atoms with E-state index in [0.29, 0.717) is 12.8 Å². The molecule has 416 valence electrons. The van der Waals surface area contributed by atoms with Crippen molar-refractivity contribution in [1.29, 1.82) is 0 Å². The van der Waals surface area contributed by atoms with Gasteiger partial charge in [-0.15, -0.1) is 0 Å². The molecular weight excluding hydrogens is 873 g/mol. The van der Waals surface area contributed by atoms with Crippen molar-refractivity contribution in [2.24, 2.45) is 0 Å². The van der Waals surface area contributed by atoms with Crippen LogP contribution in [0.5, 0.6) is 0 Å². The number of aliphatic hydroxyl groups excluding tert-OH is 1. The predicted molar refractivity (Wildman–Crippen MR) is 298 cm³/mol. The lowest BCUT2D eigenvalue weighted by Crippen LogP contribution is -2.37. The van der Waals surface area contributed by atoms with Crippen LogP contribution in [0.4, 0.5) is 4.79 Å². The van der Waals surface area contributed by atoms with E-state index < -0.39 is 0 Å². The van der Waals surface area contributed by atoms with Gasteiger partial charge in [0, 0.05) is 25.9 Å². The van der Waals surface area contributed by atoms with Crippen molar-refractivity contribution >= 4 is 18.0 Å². The second-order valence-corrected chi connectivity index (χ2v) is 21.8. The van der Waals surface area contributed by atoms with Gasteiger partial charge < -0.3 is 29.1 Å². The topological polar surface area (TPSA) is 106 Å². The average Bonchev–Trinajstić information content (AvgIpc) is 3.33. The molecule has 0 rings (SSSR count). The van der Waals surface area contributed by atoms with E-state index in [-0.39, 0.29) is 42.4 Å². The van der Waals surface area contributed by atoms with Gasteiger partial charge in [0.25, 0.3) is 0 Å². The minimum atomic E-state index is -0.214. The molecule has 0 aromatic carbocycles. The van der Waals surface area contributed by atoms with Gasteiger partial charge in [-0.3, -0.25) is 9.59 Å². The molecule has 0 saturated carbocycles. The van der Waals surface area contributed by atoms with E-state index in [1.807, 2.05) is 11.8 Å². The summed E-state index contributed by atoms with van der Waals surface area (Å²) in [5, 5.41) is 9.58. The van der Waals surface area contributed by atoms with E-state index in [0.717, 1.165) is 206 Å². The van der Waals surface area contributed by atoms with Gasteiger partial charge in [-0.05, 0) is 137 Å². The van der Waals surface area contributed by atoms with Gasteiger partial charge in [-0.25, -0.2) is 4.79 Å². The summed E-state index contributed by atoms with van der Waals surface area (Å²) in [5.41, 5.74) is 0. The Morgan fingerprint density at radius 1 is 0.357 bits per heavy atom. The van der Waals surface area contributed by atoms with Crippen LogP contribution in [0.1, 0.15) is 317 Å². The molecule has 1 amide bonds. The van der Waals surface area contributed by atoms with Gasteiger partial charge >= 0.3 is 18.0 Å². The molecule has 0 aromatic rings. The number of amides is 1. The van der Waals surface area contributed by atoms with Crippen LogP contribution in [0.25, 0.3) is 0 Å². The van der Waals surface area contributed by atoms with Crippen LogP contribution in [0.2, 0.25) is 0 Å². The second kappa shape index (κ2) is 52.0. The lowest BCUT2D eigenvalue weighted by molar-refractivity contribution is -0.151. The molecule has 9 heteroatoms. The molecule has 0 heterocycles. The van der Waals surface area contributed by atoms with Gasteiger partial charge in [0.2, 0.25) is 0 Å². The summed E-state index contributed by atoms with van der Waals surface area (Å²) in [4.78, 5) is 43.7. The zero-order valence-electron chi connectivity index (χ0n) is 47.8. The minimum absolute atomic E-state index is 0.00895. The monoisotopic (exact) mass is 993 g/mol. The fourth-order valence-electron chi connectivity index (χ4n) is 9.71. The Hall–Kier alpha value is -1.87. The quantitative estimate of drug-likeness (QED) is 0.0365. The number of hydrogen-bond acceptors (Lipinski definition) is 8.